The molecule has 0 spiro atoms. The Morgan fingerprint density at radius 2 is 2.11 bits per heavy atom. The van der Waals surface area contributed by atoms with E-state index >= 15 is 0 Å². The Morgan fingerprint density at radius 1 is 1.39 bits per heavy atom. The predicted molar refractivity (Wildman–Crippen MR) is 77.4 cm³/mol. The van der Waals surface area contributed by atoms with E-state index in [4.69, 9.17) is 5.73 Å². The molecule has 1 atom stereocenters. The number of benzene rings is 1. The highest BCUT2D eigenvalue weighted by Gasteiger charge is 2.15. The van der Waals surface area contributed by atoms with Gasteiger partial charge in [-0.3, -0.25) is 4.68 Å². The van der Waals surface area contributed by atoms with E-state index in [2.05, 4.69) is 34.0 Å². The predicted octanol–water partition coefficient (Wildman–Crippen LogP) is 2.99. The highest BCUT2D eigenvalue weighted by molar-refractivity contribution is 9.10. The van der Waals surface area contributed by atoms with Gasteiger partial charge in [-0.25, -0.2) is 0 Å². The first-order chi connectivity index (χ1) is 8.61. The molecule has 0 fully saturated rings. The van der Waals surface area contributed by atoms with E-state index in [0.717, 1.165) is 28.6 Å². The van der Waals surface area contributed by atoms with Gasteiger partial charge in [-0.15, -0.1) is 0 Å². The van der Waals surface area contributed by atoms with Crippen molar-refractivity contribution in [3.05, 3.63) is 51.8 Å². The van der Waals surface area contributed by atoms with Crippen LogP contribution in [0.5, 0.6) is 0 Å². The number of aromatic nitrogens is 2. The van der Waals surface area contributed by atoms with E-state index in [1.807, 2.05) is 36.1 Å². The van der Waals surface area contributed by atoms with Crippen LogP contribution in [0.4, 0.5) is 0 Å². The fourth-order valence-electron chi connectivity index (χ4n) is 2.15. The molecular weight excluding hydrogens is 290 g/mol. The first-order valence-electron chi connectivity index (χ1n) is 6.13. The molecule has 2 rings (SSSR count). The minimum Gasteiger partial charge on any atom is -0.324 e. The third-order valence-electron chi connectivity index (χ3n) is 3.07. The van der Waals surface area contributed by atoms with E-state index < -0.39 is 0 Å². The van der Waals surface area contributed by atoms with E-state index in [9.17, 15) is 0 Å². The Hall–Kier alpha value is -1.13. The zero-order valence-electron chi connectivity index (χ0n) is 10.7. The molecule has 0 aliphatic heterocycles. The van der Waals surface area contributed by atoms with Crippen LogP contribution in [0.2, 0.25) is 0 Å². The molecule has 0 aliphatic rings. The Morgan fingerprint density at radius 3 is 2.78 bits per heavy atom. The van der Waals surface area contributed by atoms with Gasteiger partial charge in [-0.05, 0) is 24.5 Å². The molecule has 2 N–H and O–H groups in total. The second-order valence-electron chi connectivity index (χ2n) is 4.46. The summed E-state index contributed by atoms with van der Waals surface area (Å²) in [4.78, 5) is 0. The van der Waals surface area contributed by atoms with Gasteiger partial charge in [0.15, 0.2) is 0 Å². The lowest BCUT2D eigenvalue weighted by Gasteiger charge is -2.12. The molecule has 1 heterocycles. The number of aryl methyl sites for hydroxylation is 2. The summed E-state index contributed by atoms with van der Waals surface area (Å²) in [6, 6.07) is 8.20. The van der Waals surface area contributed by atoms with Gasteiger partial charge >= 0.3 is 0 Å². The van der Waals surface area contributed by atoms with Gasteiger partial charge in [0.05, 0.1) is 5.69 Å². The second kappa shape index (κ2) is 5.67. The SMILES string of the molecule is CCc1nn(C)cc1C(N)Cc1ccccc1Br. The maximum absolute atomic E-state index is 6.31. The van der Waals surface area contributed by atoms with Crippen molar-refractivity contribution in [2.24, 2.45) is 12.8 Å². The molecule has 0 saturated carbocycles. The van der Waals surface area contributed by atoms with Gasteiger partial charge in [0.2, 0.25) is 0 Å². The van der Waals surface area contributed by atoms with Crippen LogP contribution in [0.25, 0.3) is 0 Å². The Bertz CT molecular complexity index is 534. The Kier molecular flexibility index (Phi) is 4.19. The molecule has 2 aromatic rings. The number of halogens is 1. The summed E-state index contributed by atoms with van der Waals surface area (Å²) in [6.07, 6.45) is 3.76. The van der Waals surface area contributed by atoms with Crippen LogP contribution in [-0.2, 0) is 19.9 Å². The third kappa shape index (κ3) is 2.82. The van der Waals surface area contributed by atoms with E-state index in [1.54, 1.807) is 0 Å². The summed E-state index contributed by atoms with van der Waals surface area (Å²) in [5.74, 6) is 0. The number of rotatable bonds is 4. The normalized spacial score (nSPS) is 12.7. The van der Waals surface area contributed by atoms with Crippen LogP contribution >= 0.6 is 15.9 Å². The second-order valence-corrected chi connectivity index (χ2v) is 5.31. The summed E-state index contributed by atoms with van der Waals surface area (Å²) in [7, 11) is 1.94. The van der Waals surface area contributed by atoms with Crippen LogP contribution in [0.1, 0.15) is 29.8 Å². The van der Waals surface area contributed by atoms with Crippen LogP contribution in [-0.4, -0.2) is 9.78 Å². The van der Waals surface area contributed by atoms with Crippen LogP contribution in [0, 0.1) is 0 Å². The van der Waals surface area contributed by atoms with Crippen molar-refractivity contribution >= 4 is 15.9 Å². The first kappa shape index (κ1) is 13.3. The standard InChI is InChI=1S/C14H18BrN3/c1-3-14-11(9-18(2)17-14)13(16)8-10-6-4-5-7-12(10)15/h4-7,9,13H,3,8,16H2,1-2H3. The highest BCUT2D eigenvalue weighted by atomic mass is 79.9. The number of nitrogens with zero attached hydrogens (tertiary/aromatic N) is 2. The minimum atomic E-state index is -0.00708. The summed E-state index contributed by atoms with van der Waals surface area (Å²) in [6.45, 7) is 2.11. The van der Waals surface area contributed by atoms with Crippen LogP contribution in [0.15, 0.2) is 34.9 Å². The van der Waals surface area contributed by atoms with Crippen molar-refractivity contribution in [2.45, 2.75) is 25.8 Å². The molecule has 0 bridgehead atoms. The summed E-state index contributed by atoms with van der Waals surface area (Å²) in [5.41, 5.74) is 9.79. The Labute approximate surface area is 116 Å². The molecular formula is C14H18BrN3. The van der Waals surface area contributed by atoms with Crippen molar-refractivity contribution in [2.75, 3.05) is 0 Å². The van der Waals surface area contributed by atoms with Gasteiger partial charge in [0, 0.05) is 29.3 Å². The van der Waals surface area contributed by atoms with Crippen molar-refractivity contribution in [1.82, 2.24) is 9.78 Å². The topological polar surface area (TPSA) is 43.8 Å². The lowest BCUT2D eigenvalue weighted by atomic mass is 9.99. The van der Waals surface area contributed by atoms with E-state index in [-0.39, 0.29) is 6.04 Å². The number of hydrogen-bond donors (Lipinski definition) is 1. The molecule has 18 heavy (non-hydrogen) atoms. The van der Waals surface area contributed by atoms with Crippen LogP contribution in [0.3, 0.4) is 0 Å². The first-order valence-corrected chi connectivity index (χ1v) is 6.92. The van der Waals surface area contributed by atoms with Gasteiger partial charge < -0.3 is 5.73 Å². The fraction of sp³-hybridized carbons (Fsp3) is 0.357. The largest absolute Gasteiger partial charge is 0.324 e. The number of hydrogen-bond acceptors (Lipinski definition) is 2. The van der Waals surface area contributed by atoms with Gasteiger partial charge in [-0.1, -0.05) is 41.1 Å². The molecule has 1 unspecified atom stereocenters. The van der Waals surface area contributed by atoms with Crippen LogP contribution < -0.4 is 5.73 Å². The zero-order valence-corrected chi connectivity index (χ0v) is 12.3. The summed E-state index contributed by atoms with van der Waals surface area (Å²) < 4.78 is 2.95. The molecule has 1 aromatic carbocycles. The molecule has 96 valence electrons. The van der Waals surface area contributed by atoms with Gasteiger partial charge in [0.1, 0.15) is 0 Å². The lowest BCUT2D eigenvalue weighted by Crippen LogP contribution is -2.14. The van der Waals surface area contributed by atoms with Crippen molar-refractivity contribution < 1.29 is 0 Å². The monoisotopic (exact) mass is 307 g/mol. The number of nitrogens with two attached hydrogens (primary N) is 1. The molecule has 4 heteroatoms. The van der Waals surface area contributed by atoms with E-state index in [0.29, 0.717) is 0 Å². The fourth-order valence-corrected chi connectivity index (χ4v) is 2.59. The smallest absolute Gasteiger partial charge is 0.0669 e. The maximum atomic E-state index is 6.31. The lowest BCUT2D eigenvalue weighted by molar-refractivity contribution is 0.710. The van der Waals surface area contributed by atoms with Crippen molar-refractivity contribution in [1.29, 1.82) is 0 Å². The van der Waals surface area contributed by atoms with Gasteiger partial charge in [-0.2, -0.15) is 5.10 Å². The molecule has 0 aliphatic carbocycles. The molecule has 3 nitrogen and oxygen atoms in total. The van der Waals surface area contributed by atoms with Crippen molar-refractivity contribution in [3.8, 4) is 0 Å². The van der Waals surface area contributed by atoms with Crippen molar-refractivity contribution in [3.63, 3.8) is 0 Å². The maximum Gasteiger partial charge on any atom is 0.0669 e. The van der Waals surface area contributed by atoms with E-state index in [1.165, 1.54) is 5.56 Å². The molecule has 0 saturated heterocycles. The minimum absolute atomic E-state index is 0.00708. The average molecular weight is 308 g/mol. The highest BCUT2D eigenvalue weighted by Crippen LogP contribution is 2.24. The molecule has 0 amide bonds. The van der Waals surface area contributed by atoms with Gasteiger partial charge in [0.25, 0.3) is 0 Å². The average Bonchev–Trinajstić information content (AvgIpc) is 2.73. The molecule has 1 aromatic heterocycles. The molecule has 0 radical (unpaired) electrons. The zero-order chi connectivity index (χ0) is 13.1. The summed E-state index contributed by atoms with van der Waals surface area (Å²) in [5, 5.41) is 4.44. The quantitative estimate of drug-likeness (QED) is 0.943. The Balaban J connectivity index is 2.21. The summed E-state index contributed by atoms with van der Waals surface area (Å²) >= 11 is 3.56. The third-order valence-corrected chi connectivity index (χ3v) is 3.84.